The molecule has 0 radical (unpaired) electrons. The van der Waals surface area contributed by atoms with E-state index in [-0.39, 0.29) is 20.9 Å². The highest BCUT2D eigenvalue weighted by Crippen LogP contribution is 2.34. The number of nitrogens with two attached hydrogens (primary N) is 1. The quantitative estimate of drug-likeness (QED) is 0.622. The highest BCUT2D eigenvalue weighted by atomic mass is 32.2. The molecule has 160 valence electrons. The van der Waals surface area contributed by atoms with Gasteiger partial charge in [-0.3, -0.25) is 4.98 Å². The fourth-order valence-corrected chi connectivity index (χ4v) is 5.00. The molecule has 10 heteroatoms. The fraction of sp³-hybridized carbons (Fsp3) is 0.474. The number of nitrogens with zero attached hydrogens (tertiary/aromatic N) is 2. The lowest BCUT2D eigenvalue weighted by molar-refractivity contribution is 0.0823. The maximum absolute atomic E-state index is 14.3. The maximum atomic E-state index is 14.3. The van der Waals surface area contributed by atoms with Gasteiger partial charge in [0.2, 0.25) is 0 Å². The molecule has 0 aliphatic carbocycles. The summed E-state index contributed by atoms with van der Waals surface area (Å²) in [5, 5.41) is 18.4. The van der Waals surface area contributed by atoms with Crippen LogP contribution in [0.4, 0.5) is 14.9 Å². The summed E-state index contributed by atoms with van der Waals surface area (Å²) in [5.41, 5.74) is 0.805. The first-order valence-electron chi connectivity index (χ1n) is 9.10. The van der Waals surface area contributed by atoms with E-state index in [1.165, 1.54) is 13.8 Å². The lowest BCUT2D eigenvalue weighted by Gasteiger charge is -2.18. The summed E-state index contributed by atoms with van der Waals surface area (Å²) in [4.78, 5) is 17.0. The Bertz CT molecular complexity index is 1010. The first-order chi connectivity index (χ1) is 13.2. The number of aliphatic hydroxyl groups is 1. The molecule has 0 aliphatic rings. The van der Waals surface area contributed by atoms with E-state index in [1.807, 2.05) is 27.7 Å². The average Bonchev–Trinajstić information content (AvgIpc) is 2.97. The molecule has 0 spiro atoms. The van der Waals surface area contributed by atoms with Crippen LogP contribution < -0.4 is 10.5 Å². The van der Waals surface area contributed by atoms with Gasteiger partial charge in [0.15, 0.2) is 19.9 Å². The molecule has 4 N–H and O–H groups in total. The van der Waals surface area contributed by atoms with Crippen LogP contribution in [-0.2, 0) is 15.5 Å². The van der Waals surface area contributed by atoms with Crippen molar-refractivity contribution in [3.8, 4) is 0 Å². The van der Waals surface area contributed by atoms with Crippen LogP contribution in [0.1, 0.15) is 69.4 Å². The molecule has 0 aromatic carbocycles. The van der Waals surface area contributed by atoms with Gasteiger partial charge in [-0.25, -0.2) is 18.5 Å². The fourth-order valence-electron chi connectivity index (χ4n) is 2.66. The van der Waals surface area contributed by atoms with Gasteiger partial charge in [0.25, 0.3) is 0 Å². The number of carbonyl (C=O) groups is 1. The summed E-state index contributed by atoms with van der Waals surface area (Å²) in [6.45, 7) is 10.8. The second-order valence-corrected chi connectivity index (χ2v) is 10.9. The van der Waals surface area contributed by atoms with Crippen molar-refractivity contribution in [2.24, 2.45) is 9.50 Å². The third-order valence-electron chi connectivity index (χ3n) is 4.22. The van der Waals surface area contributed by atoms with Gasteiger partial charge in [-0.2, -0.15) is 0 Å². The minimum absolute atomic E-state index is 0.0721. The van der Waals surface area contributed by atoms with E-state index in [1.54, 1.807) is 12.4 Å². The second-order valence-electron chi connectivity index (χ2n) is 7.90. The molecule has 2 aromatic rings. The summed E-state index contributed by atoms with van der Waals surface area (Å²) in [5.74, 6) is -0.726. The lowest BCUT2D eigenvalue weighted by Crippen LogP contribution is -2.19. The second kappa shape index (κ2) is 8.47. The number of pyridine rings is 1. The minimum atomic E-state index is -3.84. The standard InChI is InChI=1S/C19H27FN4O3S2/c1-10(2)12-8-22-9-13(11(3)4)16(12)23-18(25)24-29(21,27)17-14(20)7-15(28-17)19(5,6)26/h7-11,26H,1-6H3,(H3,21,22,23,24,25,27). The molecule has 0 bridgehead atoms. The molecule has 0 saturated heterocycles. The lowest BCUT2D eigenvalue weighted by atomic mass is 9.95. The molecule has 2 rings (SSSR count). The van der Waals surface area contributed by atoms with E-state index in [0.717, 1.165) is 28.5 Å². The maximum Gasteiger partial charge on any atom is 0.354 e. The summed E-state index contributed by atoms with van der Waals surface area (Å²) in [6, 6.07) is 0.112. The van der Waals surface area contributed by atoms with Gasteiger partial charge in [-0.05, 0) is 42.9 Å². The van der Waals surface area contributed by atoms with Gasteiger partial charge in [-0.15, -0.1) is 15.7 Å². The van der Waals surface area contributed by atoms with Crippen molar-refractivity contribution in [1.82, 2.24) is 4.98 Å². The summed E-state index contributed by atoms with van der Waals surface area (Å²) in [7, 11) is -3.84. The third-order valence-corrected chi connectivity index (χ3v) is 7.57. The van der Waals surface area contributed by atoms with Crippen molar-refractivity contribution in [3.63, 3.8) is 0 Å². The monoisotopic (exact) mass is 442 g/mol. The number of nitrogens with one attached hydrogen (secondary N) is 1. The molecule has 2 heterocycles. The Balaban J connectivity index is 2.46. The normalized spacial score (nSPS) is 14.2. The SMILES string of the molecule is CC(C)c1cncc(C(C)C)c1NC(=O)N=S(N)(=O)c1sc(C(C)(C)O)cc1F. The molecule has 29 heavy (non-hydrogen) atoms. The van der Waals surface area contributed by atoms with E-state index in [2.05, 4.69) is 14.7 Å². The van der Waals surface area contributed by atoms with E-state index in [4.69, 9.17) is 5.14 Å². The number of anilines is 1. The van der Waals surface area contributed by atoms with Gasteiger partial charge >= 0.3 is 6.03 Å². The minimum Gasteiger partial charge on any atom is -0.385 e. The van der Waals surface area contributed by atoms with Crippen LogP contribution in [0.15, 0.2) is 27.0 Å². The molecular weight excluding hydrogens is 415 g/mol. The van der Waals surface area contributed by atoms with Crippen molar-refractivity contribution in [2.75, 3.05) is 5.32 Å². The zero-order chi connectivity index (χ0) is 22.1. The number of carbonyl (C=O) groups excluding carboxylic acids is 1. The number of thiophene rings is 1. The number of urea groups is 1. The number of hydrogen-bond acceptors (Lipinski definition) is 5. The number of rotatable bonds is 5. The predicted octanol–water partition coefficient (Wildman–Crippen LogP) is 4.69. The van der Waals surface area contributed by atoms with Crippen LogP contribution in [-0.4, -0.2) is 20.3 Å². The average molecular weight is 443 g/mol. The summed E-state index contributed by atoms with van der Waals surface area (Å²) < 4.78 is 30.3. The number of amides is 2. The summed E-state index contributed by atoms with van der Waals surface area (Å²) >= 11 is 0.729. The van der Waals surface area contributed by atoms with Crippen LogP contribution in [0.25, 0.3) is 0 Å². The topological polar surface area (TPSA) is 118 Å². The molecule has 2 aromatic heterocycles. The first kappa shape index (κ1) is 23.4. The Morgan fingerprint density at radius 1 is 1.28 bits per heavy atom. The molecule has 7 nitrogen and oxygen atoms in total. The van der Waals surface area contributed by atoms with Gasteiger partial charge in [-0.1, -0.05) is 27.7 Å². The molecule has 0 aliphatic heterocycles. The van der Waals surface area contributed by atoms with E-state index in [0.29, 0.717) is 5.69 Å². The Labute approximate surface area is 174 Å². The number of aromatic nitrogens is 1. The van der Waals surface area contributed by atoms with Gasteiger partial charge < -0.3 is 10.4 Å². The van der Waals surface area contributed by atoms with Crippen molar-refractivity contribution >= 4 is 33.0 Å². The van der Waals surface area contributed by atoms with Gasteiger partial charge in [0.05, 0.1) is 11.3 Å². The van der Waals surface area contributed by atoms with Crippen molar-refractivity contribution < 1.29 is 18.5 Å². The number of halogens is 1. The van der Waals surface area contributed by atoms with Gasteiger partial charge in [0, 0.05) is 17.3 Å². The van der Waals surface area contributed by atoms with Crippen LogP contribution >= 0.6 is 11.3 Å². The molecule has 2 amide bonds. The molecule has 1 unspecified atom stereocenters. The molecule has 0 fully saturated rings. The van der Waals surface area contributed by atoms with Crippen molar-refractivity contribution in [1.29, 1.82) is 0 Å². The van der Waals surface area contributed by atoms with E-state index in [9.17, 15) is 18.5 Å². The molecule has 0 saturated carbocycles. The van der Waals surface area contributed by atoms with E-state index < -0.39 is 27.4 Å². The Hall–Kier alpha value is -1.88. The largest absolute Gasteiger partial charge is 0.385 e. The highest BCUT2D eigenvalue weighted by molar-refractivity contribution is 7.93. The summed E-state index contributed by atoms with van der Waals surface area (Å²) in [6.07, 6.45) is 3.31. The van der Waals surface area contributed by atoms with Crippen LogP contribution in [0, 0.1) is 5.82 Å². The Morgan fingerprint density at radius 2 is 1.79 bits per heavy atom. The van der Waals surface area contributed by atoms with Gasteiger partial charge in [0.1, 0.15) is 0 Å². The number of hydrogen-bond donors (Lipinski definition) is 3. The van der Waals surface area contributed by atoms with Crippen molar-refractivity contribution in [2.45, 2.75) is 63.2 Å². The predicted molar refractivity (Wildman–Crippen MR) is 114 cm³/mol. The molecular formula is C19H27FN4O3S2. The van der Waals surface area contributed by atoms with Crippen molar-refractivity contribution in [3.05, 3.63) is 40.3 Å². The molecule has 1 atom stereocenters. The highest BCUT2D eigenvalue weighted by Gasteiger charge is 2.26. The van der Waals surface area contributed by atoms with Crippen LogP contribution in [0.2, 0.25) is 0 Å². The smallest absolute Gasteiger partial charge is 0.354 e. The van der Waals surface area contributed by atoms with E-state index >= 15 is 0 Å². The van der Waals surface area contributed by atoms with Crippen LogP contribution in [0.3, 0.4) is 0 Å². The zero-order valence-corrected chi connectivity index (χ0v) is 18.9. The van der Waals surface area contributed by atoms with Crippen LogP contribution in [0.5, 0.6) is 0 Å². The third kappa shape index (κ3) is 5.39. The Morgan fingerprint density at radius 3 is 2.21 bits per heavy atom. The first-order valence-corrected chi connectivity index (χ1v) is 11.5. The Kier molecular flexibility index (Phi) is 6.83. The zero-order valence-electron chi connectivity index (χ0n) is 17.3.